The highest BCUT2D eigenvalue weighted by molar-refractivity contribution is 7.09. The number of ether oxygens (including phenoxy) is 1. The molecule has 24 heavy (non-hydrogen) atoms. The molecule has 4 rings (SSSR count). The Bertz CT molecular complexity index is 629. The monoisotopic (exact) mass is 343 g/mol. The van der Waals surface area contributed by atoms with Crippen LogP contribution in [0.25, 0.3) is 0 Å². The lowest BCUT2D eigenvalue weighted by molar-refractivity contribution is -0.142. The van der Waals surface area contributed by atoms with Crippen molar-refractivity contribution in [2.75, 3.05) is 32.8 Å². The SMILES string of the molecule is c1ccc(CN2CCC[C@]3(C2)CN(Cc2cccs2)CCO3)nc1. The number of aromatic nitrogens is 1. The summed E-state index contributed by atoms with van der Waals surface area (Å²) >= 11 is 1.85. The van der Waals surface area contributed by atoms with E-state index in [0.717, 1.165) is 51.6 Å². The topological polar surface area (TPSA) is 28.6 Å². The Morgan fingerprint density at radius 3 is 2.79 bits per heavy atom. The second-order valence-corrected chi connectivity index (χ2v) is 7.99. The van der Waals surface area contributed by atoms with Gasteiger partial charge in [0.2, 0.25) is 0 Å². The number of pyridine rings is 1. The fourth-order valence-corrected chi connectivity index (χ4v) is 4.72. The third-order valence-corrected chi connectivity index (χ3v) is 5.88. The number of thiophene rings is 1. The zero-order valence-electron chi connectivity index (χ0n) is 14.1. The second kappa shape index (κ2) is 7.31. The fraction of sp³-hybridized carbons (Fsp3) is 0.526. The maximum Gasteiger partial charge on any atom is 0.0936 e. The molecule has 1 spiro atoms. The normalized spacial score (nSPS) is 26.0. The van der Waals surface area contributed by atoms with Crippen LogP contribution >= 0.6 is 11.3 Å². The molecular formula is C19H25N3OS. The molecule has 2 aromatic heterocycles. The molecule has 0 radical (unpaired) electrons. The zero-order chi connectivity index (χ0) is 16.2. The number of rotatable bonds is 4. The molecule has 2 fully saturated rings. The molecule has 4 heterocycles. The second-order valence-electron chi connectivity index (χ2n) is 6.96. The average Bonchev–Trinajstić information content (AvgIpc) is 3.09. The Morgan fingerprint density at radius 2 is 2.00 bits per heavy atom. The Kier molecular flexibility index (Phi) is 4.94. The lowest BCUT2D eigenvalue weighted by atomic mass is 9.90. The first-order valence-corrected chi connectivity index (χ1v) is 9.70. The van der Waals surface area contributed by atoms with E-state index in [-0.39, 0.29) is 5.60 Å². The summed E-state index contributed by atoms with van der Waals surface area (Å²) in [6.45, 7) is 7.09. The highest BCUT2D eigenvalue weighted by Crippen LogP contribution is 2.30. The molecule has 0 N–H and O–H groups in total. The largest absolute Gasteiger partial charge is 0.371 e. The third-order valence-electron chi connectivity index (χ3n) is 5.02. The van der Waals surface area contributed by atoms with Gasteiger partial charge in [-0.2, -0.15) is 0 Å². The van der Waals surface area contributed by atoms with E-state index in [1.54, 1.807) is 0 Å². The summed E-state index contributed by atoms with van der Waals surface area (Å²) in [6, 6.07) is 10.5. The van der Waals surface area contributed by atoms with Crippen molar-refractivity contribution in [2.24, 2.45) is 0 Å². The van der Waals surface area contributed by atoms with Gasteiger partial charge in [0.05, 0.1) is 17.9 Å². The summed E-state index contributed by atoms with van der Waals surface area (Å²) in [5.41, 5.74) is 1.16. The molecule has 0 saturated carbocycles. The molecule has 0 bridgehead atoms. The van der Waals surface area contributed by atoms with E-state index in [2.05, 4.69) is 44.4 Å². The van der Waals surface area contributed by atoms with Crippen LogP contribution in [-0.4, -0.2) is 53.2 Å². The van der Waals surface area contributed by atoms with E-state index in [9.17, 15) is 0 Å². The lowest BCUT2D eigenvalue weighted by Gasteiger charge is -2.48. The first-order valence-electron chi connectivity index (χ1n) is 8.82. The molecule has 4 nitrogen and oxygen atoms in total. The van der Waals surface area contributed by atoms with Crippen LogP contribution in [0.2, 0.25) is 0 Å². The summed E-state index contributed by atoms with van der Waals surface area (Å²) in [6.07, 6.45) is 4.27. The maximum atomic E-state index is 6.32. The molecule has 0 unspecified atom stereocenters. The summed E-state index contributed by atoms with van der Waals surface area (Å²) in [5, 5.41) is 2.17. The standard InChI is InChI=1S/C19H25N3OS/c1-2-8-20-17(5-1)13-21-9-4-7-19(15-21)16-22(10-11-23-19)14-18-6-3-12-24-18/h1-3,5-6,8,12H,4,7,9-11,13-16H2/t19-/m0/s1. The van der Waals surface area contributed by atoms with Crippen molar-refractivity contribution in [3.05, 3.63) is 52.5 Å². The van der Waals surface area contributed by atoms with Gasteiger partial charge in [0.15, 0.2) is 0 Å². The van der Waals surface area contributed by atoms with E-state index in [4.69, 9.17) is 4.74 Å². The van der Waals surface area contributed by atoms with Gasteiger partial charge < -0.3 is 4.74 Å². The van der Waals surface area contributed by atoms with Gasteiger partial charge in [0.25, 0.3) is 0 Å². The van der Waals surface area contributed by atoms with Gasteiger partial charge in [0, 0.05) is 43.8 Å². The van der Waals surface area contributed by atoms with Crippen molar-refractivity contribution < 1.29 is 4.74 Å². The third kappa shape index (κ3) is 3.86. The van der Waals surface area contributed by atoms with Crippen LogP contribution in [0.1, 0.15) is 23.4 Å². The van der Waals surface area contributed by atoms with Gasteiger partial charge >= 0.3 is 0 Å². The Morgan fingerprint density at radius 1 is 1.08 bits per heavy atom. The van der Waals surface area contributed by atoms with Gasteiger partial charge in [-0.15, -0.1) is 11.3 Å². The average molecular weight is 343 g/mol. The smallest absolute Gasteiger partial charge is 0.0936 e. The molecule has 1 atom stereocenters. The van der Waals surface area contributed by atoms with Crippen LogP contribution < -0.4 is 0 Å². The van der Waals surface area contributed by atoms with Crippen molar-refractivity contribution in [1.82, 2.24) is 14.8 Å². The summed E-state index contributed by atoms with van der Waals surface area (Å²) in [5.74, 6) is 0. The van der Waals surface area contributed by atoms with Crippen LogP contribution in [0.4, 0.5) is 0 Å². The minimum absolute atomic E-state index is 0.00252. The molecule has 0 amide bonds. The first-order chi connectivity index (χ1) is 11.8. The number of hydrogen-bond acceptors (Lipinski definition) is 5. The minimum Gasteiger partial charge on any atom is -0.371 e. The van der Waals surface area contributed by atoms with Gasteiger partial charge in [-0.1, -0.05) is 12.1 Å². The zero-order valence-corrected chi connectivity index (χ0v) is 14.9. The highest BCUT2D eigenvalue weighted by Gasteiger charge is 2.40. The van der Waals surface area contributed by atoms with E-state index in [0.29, 0.717) is 0 Å². The van der Waals surface area contributed by atoms with Crippen LogP contribution in [0.5, 0.6) is 0 Å². The van der Waals surface area contributed by atoms with Gasteiger partial charge in [-0.25, -0.2) is 0 Å². The number of piperidine rings is 1. The number of hydrogen-bond donors (Lipinski definition) is 0. The first kappa shape index (κ1) is 16.2. The predicted octanol–water partition coefficient (Wildman–Crippen LogP) is 3.01. The Hall–Kier alpha value is -1.27. The highest BCUT2D eigenvalue weighted by atomic mass is 32.1. The summed E-state index contributed by atoms with van der Waals surface area (Å²) in [7, 11) is 0. The number of nitrogens with zero attached hydrogens (tertiary/aromatic N) is 3. The van der Waals surface area contributed by atoms with E-state index < -0.39 is 0 Å². The number of morpholine rings is 1. The van der Waals surface area contributed by atoms with Crippen LogP contribution in [0, 0.1) is 0 Å². The van der Waals surface area contributed by atoms with Gasteiger partial charge in [0.1, 0.15) is 0 Å². The quantitative estimate of drug-likeness (QED) is 0.853. The van der Waals surface area contributed by atoms with E-state index in [1.165, 1.54) is 17.7 Å². The van der Waals surface area contributed by atoms with Crippen molar-refractivity contribution in [3.8, 4) is 0 Å². The lowest BCUT2D eigenvalue weighted by Crippen LogP contribution is -2.59. The minimum atomic E-state index is 0.00252. The summed E-state index contributed by atoms with van der Waals surface area (Å²) in [4.78, 5) is 11.0. The molecular weight excluding hydrogens is 318 g/mol. The van der Waals surface area contributed by atoms with Crippen molar-refractivity contribution in [1.29, 1.82) is 0 Å². The van der Waals surface area contributed by atoms with Crippen LogP contribution in [0.15, 0.2) is 41.9 Å². The molecule has 2 aliphatic heterocycles. The van der Waals surface area contributed by atoms with E-state index >= 15 is 0 Å². The molecule has 128 valence electrons. The molecule has 2 saturated heterocycles. The predicted molar refractivity (Wildman–Crippen MR) is 97.0 cm³/mol. The van der Waals surface area contributed by atoms with Crippen molar-refractivity contribution in [3.63, 3.8) is 0 Å². The van der Waals surface area contributed by atoms with Crippen LogP contribution in [0.3, 0.4) is 0 Å². The molecule has 0 aliphatic carbocycles. The molecule has 5 heteroatoms. The summed E-state index contributed by atoms with van der Waals surface area (Å²) < 4.78 is 6.32. The fourth-order valence-electron chi connectivity index (χ4n) is 3.97. The van der Waals surface area contributed by atoms with E-state index in [1.807, 2.05) is 23.6 Å². The van der Waals surface area contributed by atoms with Crippen LogP contribution in [-0.2, 0) is 17.8 Å². The molecule has 2 aliphatic rings. The van der Waals surface area contributed by atoms with Gasteiger partial charge in [-0.05, 0) is 43.0 Å². The maximum absolute atomic E-state index is 6.32. The Balaban J connectivity index is 1.40. The van der Waals surface area contributed by atoms with Crippen molar-refractivity contribution in [2.45, 2.75) is 31.5 Å². The van der Waals surface area contributed by atoms with Gasteiger partial charge in [-0.3, -0.25) is 14.8 Å². The molecule has 0 aromatic carbocycles. The Labute approximate surface area is 148 Å². The number of likely N-dealkylation sites (tertiary alicyclic amines) is 1. The van der Waals surface area contributed by atoms with Crippen molar-refractivity contribution >= 4 is 11.3 Å². The molecule has 2 aromatic rings.